The third kappa shape index (κ3) is 4.98. The first-order chi connectivity index (χ1) is 11.3. The Morgan fingerprint density at radius 1 is 0.957 bits per heavy atom. The SMILES string of the molecule is C#C.Cc1ccc(Cc2nc(/C=C/c3ccccc3)no2)cc1. The van der Waals surface area contributed by atoms with E-state index < -0.39 is 0 Å². The zero-order chi connectivity index (χ0) is 16.5. The van der Waals surface area contributed by atoms with Crippen molar-refractivity contribution in [1.82, 2.24) is 10.1 Å². The normalized spacial score (nSPS) is 10.2. The maximum Gasteiger partial charge on any atom is 0.231 e. The standard InChI is InChI=1S/C18H16N2O.C2H2/c1-14-7-9-16(10-8-14)13-18-19-17(20-21-18)12-11-15-5-3-2-4-6-15;1-2/h2-12H,13H2,1H3;1-2H/b12-11+;. The van der Waals surface area contributed by atoms with Crippen LogP contribution in [0.1, 0.15) is 28.4 Å². The van der Waals surface area contributed by atoms with Crippen molar-refractivity contribution >= 4 is 12.2 Å². The van der Waals surface area contributed by atoms with E-state index in [1.54, 1.807) is 0 Å². The maximum absolute atomic E-state index is 5.27. The van der Waals surface area contributed by atoms with E-state index in [0.29, 0.717) is 18.1 Å². The van der Waals surface area contributed by atoms with Gasteiger partial charge in [0.05, 0.1) is 6.42 Å². The second-order valence-corrected chi connectivity index (χ2v) is 4.95. The average molecular weight is 302 g/mol. The highest BCUT2D eigenvalue weighted by molar-refractivity contribution is 5.66. The summed E-state index contributed by atoms with van der Waals surface area (Å²) in [6.07, 6.45) is 12.5. The van der Waals surface area contributed by atoms with E-state index in [4.69, 9.17) is 4.52 Å². The maximum atomic E-state index is 5.27. The number of benzene rings is 2. The highest BCUT2D eigenvalue weighted by Gasteiger charge is 2.04. The predicted molar refractivity (Wildman–Crippen MR) is 93.5 cm³/mol. The molecule has 0 saturated heterocycles. The molecule has 3 aromatic rings. The summed E-state index contributed by atoms with van der Waals surface area (Å²) in [7, 11) is 0. The van der Waals surface area contributed by atoms with Crippen molar-refractivity contribution in [2.24, 2.45) is 0 Å². The number of hydrogen-bond donors (Lipinski definition) is 0. The minimum Gasteiger partial charge on any atom is -0.339 e. The lowest BCUT2D eigenvalue weighted by Gasteiger charge is -1.96. The Balaban J connectivity index is 0.000000924. The van der Waals surface area contributed by atoms with E-state index in [1.807, 2.05) is 42.5 Å². The van der Waals surface area contributed by atoms with Gasteiger partial charge in [-0.15, -0.1) is 12.8 Å². The molecule has 23 heavy (non-hydrogen) atoms. The van der Waals surface area contributed by atoms with Gasteiger partial charge in [-0.3, -0.25) is 0 Å². The Kier molecular flexibility index (Phi) is 5.90. The van der Waals surface area contributed by atoms with Gasteiger partial charge < -0.3 is 4.52 Å². The van der Waals surface area contributed by atoms with Crippen LogP contribution in [-0.2, 0) is 6.42 Å². The van der Waals surface area contributed by atoms with E-state index in [1.165, 1.54) is 11.1 Å². The van der Waals surface area contributed by atoms with Crippen LogP contribution in [0.25, 0.3) is 12.2 Å². The predicted octanol–water partition coefficient (Wildman–Crippen LogP) is 4.39. The van der Waals surface area contributed by atoms with Crippen LogP contribution in [0.5, 0.6) is 0 Å². The molecule has 0 bridgehead atoms. The van der Waals surface area contributed by atoms with Gasteiger partial charge in [-0.25, -0.2) is 0 Å². The molecule has 0 aliphatic carbocycles. The fourth-order valence-electron chi connectivity index (χ4n) is 2.02. The van der Waals surface area contributed by atoms with Gasteiger partial charge in [-0.1, -0.05) is 71.4 Å². The minimum atomic E-state index is 0.598. The summed E-state index contributed by atoms with van der Waals surface area (Å²) >= 11 is 0. The van der Waals surface area contributed by atoms with Crippen LogP contribution in [0.3, 0.4) is 0 Å². The lowest BCUT2D eigenvalue weighted by atomic mass is 10.1. The lowest BCUT2D eigenvalue weighted by molar-refractivity contribution is 0.383. The summed E-state index contributed by atoms with van der Waals surface area (Å²) < 4.78 is 5.27. The molecule has 3 heteroatoms. The second-order valence-electron chi connectivity index (χ2n) is 4.95. The molecule has 0 radical (unpaired) electrons. The molecular weight excluding hydrogens is 284 g/mol. The molecule has 0 amide bonds. The molecular formula is C20H18N2O. The molecule has 0 aliphatic rings. The minimum absolute atomic E-state index is 0.598. The highest BCUT2D eigenvalue weighted by Crippen LogP contribution is 2.10. The van der Waals surface area contributed by atoms with Crippen molar-refractivity contribution in [3.63, 3.8) is 0 Å². The Hall–Kier alpha value is -3.12. The second kappa shape index (κ2) is 8.35. The van der Waals surface area contributed by atoms with Gasteiger partial charge in [0.25, 0.3) is 0 Å². The Bertz CT molecular complexity index is 768. The van der Waals surface area contributed by atoms with Crippen molar-refractivity contribution in [2.75, 3.05) is 0 Å². The summed E-state index contributed by atoms with van der Waals surface area (Å²) in [4.78, 5) is 4.38. The van der Waals surface area contributed by atoms with Gasteiger partial charge >= 0.3 is 0 Å². The molecule has 0 N–H and O–H groups in total. The van der Waals surface area contributed by atoms with Crippen LogP contribution in [-0.4, -0.2) is 10.1 Å². The monoisotopic (exact) mass is 302 g/mol. The van der Waals surface area contributed by atoms with Gasteiger partial charge in [-0.2, -0.15) is 4.98 Å². The number of nitrogens with zero attached hydrogens (tertiary/aromatic N) is 2. The van der Waals surface area contributed by atoms with Crippen LogP contribution in [0.15, 0.2) is 59.1 Å². The van der Waals surface area contributed by atoms with Crippen molar-refractivity contribution in [1.29, 1.82) is 0 Å². The molecule has 0 spiro atoms. The van der Waals surface area contributed by atoms with E-state index >= 15 is 0 Å². The van der Waals surface area contributed by atoms with E-state index in [0.717, 1.165) is 5.56 Å². The van der Waals surface area contributed by atoms with Crippen molar-refractivity contribution in [3.05, 3.63) is 83.0 Å². The fraction of sp³-hybridized carbons (Fsp3) is 0.100. The molecule has 0 fully saturated rings. The molecule has 0 aliphatic heterocycles. The largest absolute Gasteiger partial charge is 0.339 e. The van der Waals surface area contributed by atoms with Gasteiger partial charge in [0.2, 0.25) is 5.89 Å². The molecule has 0 saturated carbocycles. The number of hydrogen-bond acceptors (Lipinski definition) is 3. The summed E-state index contributed by atoms with van der Waals surface area (Å²) in [5.74, 6) is 1.23. The van der Waals surface area contributed by atoms with Crippen molar-refractivity contribution in [3.8, 4) is 12.8 Å². The number of aryl methyl sites for hydroxylation is 1. The van der Waals surface area contributed by atoms with Crippen molar-refractivity contribution in [2.45, 2.75) is 13.3 Å². The zero-order valence-electron chi connectivity index (χ0n) is 13.0. The van der Waals surface area contributed by atoms with E-state index in [9.17, 15) is 0 Å². The van der Waals surface area contributed by atoms with Crippen LogP contribution in [0.4, 0.5) is 0 Å². The molecule has 2 aromatic carbocycles. The highest BCUT2D eigenvalue weighted by atomic mass is 16.5. The number of aromatic nitrogens is 2. The van der Waals surface area contributed by atoms with Crippen LogP contribution < -0.4 is 0 Å². The third-order valence-corrected chi connectivity index (χ3v) is 3.18. The summed E-state index contributed by atoms with van der Waals surface area (Å²) in [5.41, 5.74) is 3.53. The average Bonchev–Trinajstić information content (AvgIpc) is 3.05. The van der Waals surface area contributed by atoms with Crippen molar-refractivity contribution < 1.29 is 4.52 Å². The van der Waals surface area contributed by atoms with Crippen LogP contribution >= 0.6 is 0 Å². The van der Waals surface area contributed by atoms with Gasteiger partial charge in [-0.05, 0) is 24.1 Å². The van der Waals surface area contributed by atoms with Crippen LogP contribution in [0, 0.1) is 19.8 Å². The number of terminal acetylenes is 1. The van der Waals surface area contributed by atoms with Gasteiger partial charge in [0.15, 0.2) is 5.82 Å². The Morgan fingerprint density at radius 2 is 1.65 bits per heavy atom. The van der Waals surface area contributed by atoms with E-state index in [2.05, 4.69) is 54.2 Å². The molecule has 0 atom stereocenters. The molecule has 114 valence electrons. The summed E-state index contributed by atoms with van der Waals surface area (Å²) in [6, 6.07) is 18.4. The van der Waals surface area contributed by atoms with Crippen LogP contribution in [0.2, 0.25) is 0 Å². The third-order valence-electron chi connectivity index (χ3n) is 3.18. The molecule has 3 rings (SSSR count). The van der Waals surface area contributed by atoms with Gasteiger partial charge in [0.1, 0.15) is 0 Å². The number of rotatable bonds is 4. The molecule has 1 aromatic heterocycles. The molecule has 0 unspecified atom stereocenters. The Labute approximate surface area is 136 Å². The van der Waals surface area contributed by atoms with E-state index in [-0.39, 0.29) is 0 Å². The first-order valence-corrected chi connectivity index (χ1v) is 7.24. The topological polar surface area (TPSA) is 38.9 Å². The summed E-state index contributed by atoms with van der Waals surface area (Å²) in [6.45, 7) is 2.07. The Morgan fingerprint density at radius 3 is 2.35 bits per heavy atom. The molecule has 1 heterocycles. The fourth-order valence-corrected chi connectivity index (χ4v) is 2.02. The first-order valence-electron chi connectivity index (χ1n) is 7.24. The first kappa shape index (κ1) is 16.3. The lowest BCUT2D eigenvalue weighted by Crippen LogP contribution is -1.88. The quantitative estimate of drug-likeness (QED) is 0.671. The van der Waals surface area contributed by atoms with Gasteiger partial charge in [0, 0.05) is 0 Å². The molecule has 3 nitrogen and oxygen atoms in total. The smallest absolute Gasteiger partial charge is 0.231 e. The summed E-state index contributed by atoms with van der Waals surface area (Å²) in [5, 5.41) is 3.97. The zero-order valence-corrected chi connectivity index (χ0v) is 13.0.